The van der Waals surface area contributed by atoms with E-state index in [1.54, 1.807) is 0 Å². The van der Waals surface area contributed by atoms with Gasteiger partial charge >= 0.3 is 0 Å². The van der Waals surface area contributed by atoms with Crippen LogP contribution in [0.2, 0.25) is 0 Å². The second kappa shape index (κ2) is 6.71. The first-order valence-corrected chi connectivity index (χ1v) is 8.55. The molecule has 17 heavy (non-hydrogen) atoms. The highest BCUT2D eigenvalue weighted by atomic mass is 32.2. The van der Waals surface area contributed by atoms with Crippen molar-refractivity contribution in [2.24, 2.45) is 5.92 Å². The first-order chi connectivity index (χ1) is 7.87. The molecule has 0 spiro atoms. The Balaban J connectivity index is 2.17. The summed E-state index contributed by atoms with van der Waals surface area (Å²) < 4.78 is 22.2. The normalized spacial score (nSPS) is 20.0. The van der Waals surface area contributed by atoms with Gasteiger partial charge in [-0.25, -0.2) is 8.42 Å². The summed E-state index contributed by atoms with van der Waals surface area (Å²) in [6, 6.07) is 0. The molecule has 0 N–H and O–H groups in total. The van der Waals surface area contributed by atoms with E-state index in [2.05, 4.69) is 23.6 Å². The van der Waals surface area contributed by atoms with Crippen LogP contribution in [0.25, 0.3) is 0 Å². The summed E-state index contributed by atoms with van der Waals surface area (Å²) in [5.41, 5.74) is 0. The average Bonchev–Trinajstić information content (AvgIpc) is 2.24. The summed E-state index contributed by atoms with van der Waals surface area (Å²) in [6.45, 7) is 10.5. The van der Waals surface area contributed by atoms with Crippen molar-refractivity contribution in [3.63, 3.8) is 0 Å². The summed E-state index contributed by atoms with van der Waals surface area (Å²) >= 11 is 0. The van der Waals surface area contributed by atoms with E-state index in [0.29, 0.717) is 12.3 Å². The highest BCUT2D eigenvalue weighted by Gasteiger charge is 2.17. The van der Waals surface area contributed by atoms with Gasteiger partial charge in [-0.3, -0.25) is 4.90 Å². The second-order valence-corrected chi connectivity index (χ2v) is 7.76. The molecule has 0 aromatic heterocycles. The maximum absolute atomic E-state index is 11.1. The molecule has 0 unspecified atom stereocenters. The number of sulfone groups is 1. The number of hydrogen-bond donors (Lipinski definition) is 0. The highest BCUT2D eigenvalue weighted by molar-refractivity contribution is 7.90. The molecule has 0 atom stereocenters. The van der Waals surface area contributed by atoms with E-state index in [0.717, 1.165) is 32.1 Å². The van der Waals surface area contributed by atoms with E-state index in [1.165, 1.54) is 19.2 Å². The van der Waals surface area contributed by atoms with Crippen molar-refractivity contribution in [2.45, 2.75) is 20.3 Å². The van der Waals surface area contributed by atoms with E-state index in [1.807, 2.05) is 0 Å². The number of piperazine rings is 1. The average molecular weight is 262 g/mol. The molecule has 1 aliphatic rings. The van der Waals surface area contributed by atoms with Crippen molar-refractivity contribution in [1.29, 1.82) is 0 Å². The Kier molecular flexibility index (Phi) is 5.89. The fourth-order valence-corrected chi connectivity index (χ4v) is 2.56. The van der Waals surface area contributed by atoms with Gasteiger partial charge in [0.05, 0.1) is 5.75 Å². The van der Waals surface area contributed by atoms with E-state index >= 15 is 0 Å². The van der Waals surface area contributed by atoms with Gasteiger partial charge in [0.15, 0.2) is 0 Å². The van der Waals surface area contributed by atoms with Crippen LogP contribution in [-0.4, -0.2) is 69.5 Å². The van der Waals surface area contributed by atoms with Gasteiger partial charge in [0, 0.05) is 39.0 Å². The van der Waals surface area contributed by atoms with Gasteiger partial charge in [0.1, 0.15) is 9.84 Å². The van der Waals surface area contributed by atoms with Gasteiger partial charge < -0.3 is 4.90 Å². The van der Waals surface area contributed by atoms with Crippen molar-refractivity contribution in [2.75, 3.05) is 51.3 Å². The monoisotopic (exact) mass is 262 g/mol. The minimum absolute atomic E-state index is 0.291. The van der Waals surface area contributed by atoms with E-state index in [-0.39, 0.29) is 0 Å². The van der Waals surface area contributed by atoms with Gasteiger partial charge in [0.2, 0.25) is 0 Å². The molecule has 5 heteroatoms. The molecule has 0 aromatic carbocycles. The zero-order chi connectivity index (χ0) is 12.9. The summed E-state index contributed by atoms with van der Waals surface area (Å²) in [5, 5.41) is 0. The summed E-state index contributed by atoms with van der Waals surface area (Å²) in [4.78, 5) is 4.74. The van der Waals surface area contributed by atoms with Gasteiger partial charge in [0.25, 0.3) is 0 Å². The molecule has 1 rings (SSSR count). The molecule has 1 fully saturated rings. The van der Waals surface area contributed by atoms with Gasteiger partial charge in [-0.15, -0.1) is 0 Å². The van der Waals surface area contributed by atoms with E-state index in [9.17, 15) is 8.42 Å². The Morgan fingerprint density at radius 1 is 1.00 bits per heavy atom. The first-order valence-electron chi connectivity index (χ1n) is 6.49. The van der Waals surface area contributed by atoms with Crippen molar-refractivity contribution in [1.82, 2.24) is 9.80 Å². The number of hydrogen-bond acceptors (Lipinski definition) is 4. The molecule has 0 aliphatic carbocycles. The molecule has 0 amide bonds. The zero-order valence-electron chi connectivity index (χ0n) is 11.4. The summed E-state index contributed by atoms with van der Waals surface area (Å²) in [6.07, 6.45) is 2.56. The topological polar surface area (TPSA) is 40.6 Å². The van der Waals surface area contributed by atoms with Crippen molar-refractivity contribution >= 4 is 9.84 Å². The molecule has 1 heterocycles. The second-order valence-electron chi connectivity index (χ2n) is 5.50. The van der Waals surface area contributed by atoms with Crippen LogP contribution in [0.5, 0.6) is 0 Å². The lowest BCUT2D eigenvalue weighted by Crippen LogP contribution is -2.47. The molecular weight excluding hydrogens is 236 g/mol. The summed E-state index contributed by atoms with van der Waals surface area (Å²) in [7, 11) is -2.81. The third kappa shape index (κ3) is 7.01. The fraction of sp³-hybridized carbons (Fsp3) is 1.00. The van der Waals surface area contributed by atoms with Crippen LogP contribution in [-0.2, 0) is 9.84 Å². The van der Waals surface area contributed by atoms with Gasteiger partial charge in [-0.1, -0.05) is 13.8 Å². The van der Waals surface area contributed by atoms with Gasteiger partial charge in [-0.05, 0) is 18.9 Å². The minimum Gasteiger partial charge on any atom is -0.301 e. The third-order valence-electron chi connectivity index (χ3n) is 3.27. The molecule has 0 bridgehead atoms. The first kappa shape index (κ1) is 14.9. The lowest BCUT2D eigenvalue weighted by molar-refractivity contribution is 0.133. The van der Waals surface area contributed by atoms with Crippen LogP contribution in [0, 0.1) is 5.92 Å². The Labute approximate surface area is 106 Å². The Hall–Kier alpha value is -0.130. The zero-order valence-corrected chi connectivity index (χ0v) is 12.2. The van der Waals surface area contributed by atoms with Crippen LogP contribution in [0.4, 0.5) is 0 Å². The Morgan fingerprint density at radius 3 is 1.88 bits per heavy atom. The highest BCUT2D eigenvalue weighted by Crippen LogP contribution is 2.06. The van der Waals surface area contributed by atoms with Crippen LogP contribution >= 0.6 is 0 Å². The van der Waals surface area contributed by atoms with Crippen molar-refractivity contribution < 1.29 is 8.42 Å². The molecule has 4 nitrogen and oxygen atoms in total. The molecule has 0 aromatic rings. The molecule has 102 valence electrons. The lowest BCUT2D eigenvalue weighted by Gasteiger charge is -2.34. The molecule has 1 saturated heterocycles. The molecule has 0 radical (unpaired) electrons. The van der Waals surface area contributed by atoms with Crippen LogP contribution < -0.4 is 0 Å². The quantitative estimate of drug-likeness (QED) is 0.706. The predicted molar refractivity (Wildman–Crippen MR) is 72.0 cm³/mol. The van der Waals surface area contributed by atoms with Crippen LogP contribution in [0.3, 0.4) is 0 Å². The molecule has 0 saturated carbocycles. The number of nitrogens with zero attached hydrogens (tertiary/aromatic N) is 2. The Morgan fingerprint density at radius 2 is 1.47 bits per heavy atom. The minimum atomic E-state index is -2.81. The SMILES string of the molecule is CC(C)CCN1CCN(CCS(C)(=O)=O)CC1. The van der Waals surface area contributed by atoms with Crippen molar-refractivity contribution in [3.05, 3.63) is 0 Å². The standard InChI is InChI=1S/C12H26N2O2S/c1-12(2)4-5-13-6-8-14(9-7-13)10-11-17(3,15)16/h12H,4-11H2,1-3H3. The largest absolute Gasteiger partial charge is 0.301 e. The maximum Gasteiger partial charge on any atom is 0.148 e. The maximum atomic E-state index is 11.1. The van der Waals surface area contributed by atoms with Crippen LogP contribution in [0.15, 0.2) is 0 Å². The smallest absolute Gasteiger partial charge is 0.148 e. The van der Waals surface area contributed by atoms with E-state index < -0.39 is 9.84 Å². The number of rotatable bonds is 6. The van der Waals surface area contributed by atoms with Crippen LogP contribution in [0.1, 0.15) is 20.3 Å². The lowest BCUT2D eigenvalue weighted by atomic mass is 10.1. The predicted octanol–water partition coefficient (Wildman–Crippen LogP) is 0.695. The summed E-state index contributed by atoms with van der Waals surface area (Å²) in [5.74, 6) is 1.05. The Bertz CT molecular complexity index is 306. The van der Waals surface area contributed by atoms with Gasteiger partial charge in [-0.2, -0.15) is 0 Å². The third-order valence-corrected chi connectivity index (χ3v) is 4.19. The molecular formula is C12H26N2O2S. The van der Waals surface area contributed by atoms with Crippen molar-refractivity contribution in [3.8, 4) is 0 Å². The fourth-order valence-electron chi connectivity index (χ4n) is 1.97. The van der Waals surface area contributed by atoms with E-state index in [4.69, 9.17) is 0 Å². The molecule has 1 aliphatic heterocycles.